The molecule has 1 fully saturated rings. The minimum absolute atomic E-state index is 0.465. The van der Waals surface area contributed by atoms with E-state index in [-0.39, 0.29) is 0 Å². The van der Waals surface area contributed by atoms with E-state index < -0.39 is 0 Å². The van der Waals surface area contributed by atoms with Gasteiger partial charge in [-0.25, -0.2) is 0 Å². The van der Waals surface area contributed by atoms with Gasteiger partial charge in [-0.2, -0.15) is 0 Å². The lowest BCUT2D eigenvalue weighted by Gasteiger charge is -2.12. The van der Waals surface area contributed by atoms with Crippen molar-refractivity contribution >= 4 is 0 Å². The van der Waals surface area contributed by atoms with Crippen molar-refractivity contribution < 1.29 is 4.74 Å². The average molecular weight is 172 g/mol. The van der Waals surface area contributed by atoms with Crippen molar-refractivity contribution in [3.63, 3.8) is 0 Å². The molecule has 0 amide bonds. The average Bonchev–Trinajstić information content (AvgIpc) is 2.97. The van der Waals surface area contributed by atoms with Crippen molar-refractivity contribution in [2.45, 2.75) is 24.5 Å². The normalized spacial score (nSPS) is 35.5. The summed E-state index contributed by atoms with van der Waals surface area (Å²) in [6.45, 7) is 0. The van der Waals surface area contributed by atoms with E-state index in [2.05, 4.69) is 42.5 Å². The van der Waals surface area contributed by atoms with E-state index in [0.29, 0.717) is 18.1 Å². The number of hydrogen-bond donors (Lipinski definition) is 0. The summed E-state index contributed by atoms with van der Waals surface area (Å²) in [6, 6.07) is 10.6. The number of epoxide rings is 1. The summed E-state index contributed by atoms with van der Waals surface area (Å²) in [7, 11) is 0. The molecular formula is C12H12O. The Balaban J connectivity index is 1.93. The quantitative estimate of drug-likeness (QED) is 0.468. The van der Waals surface area contributed by atoms with Gasteiger partial charge in [0.15, 0.2) is 0 Å². The Morgan fingerprint density at radius 3 is 2.85 bits per heavy atom. The van der Waals surface area contributed by atoms with Gasteiger partial charge in [-0.15, -0.1) is 0 Å². The minimum Gasteiger partial charge on any atom is -0.368 e. The Morgan fingerprint density at radius 1 is 1.15 bits per heavy atom. The molecule has 2 aliphatic rings. The van der Waals surface area contributed by atoms with Crippen molar-refractivity contribution in [1.82, 2.24) is 0 Å². The number of hydrogen-bond acceptors (Lipinski definition) is 1. The van der Waals surface area contributed by atoms with Crippen LogP contribution in [0.5, 0.6) is 0 Å². The van der Waals surface area contributed by atoms with Gasteiger partial charge in [0.2, 0.25) is 0 Å². The third-order valence-corrected chi connectivity index (χ3v) is 2.87. The van der Waals surface area contributed by atoms with Gasteiger partial charge >= 0.3 is 0 Å². The fourth-order valence-electron chi connectivity index (χ4n) is 2.11. The van der Waals surface area contributed by atoms with Gasteiger partial charge in [-0.1, -0.05) is 42.5 Å². The van der Waals surface area contributed by atoms with Gasteiger partial charge < -0.3 is 4.74 Å². The van der Waals surface area contributed by atoms with Gasteiger partial charge in [-0.05, 0) is 12.0 Å². The maximum absolute atomic E-state index is 5.58. The zero-order valence-electron chi connectivity index (χ0n) is 7.39. The lowest BCUT2D eigenvalue weighted by atomic mass is 9.89. The highest BCUT2D eigenvalue weighted by atomic mass is 16.6. The van der Waals surface area contributed by atoms with Crippen LogP contribution in [-0.4, -0.2) is 12.2 Å². The first kappa shape index (κ1) is 7.34. The second kappa shape index (κ2) is 2.71. The first-order valence-electron chi connectivity index (χ1n) is 4.82. The Morgan fingerprint density at radius 2 is 2.00 bits per heavy atom. The highest BCUT2D eigenvalue weighted by Crippen LogP contribution is 2.42. The molecule has 0 saturated carbocycles. The molecule has 0 bridgehead atoms. The Labute approximate surface area is 78.0 Å². The van der Waals surface area contributed by atoms with Crippen molar-refractivity contribution in [3.05, 3.63) is 48.0 Å². The number of ether oxygens (including phenoxy) is 1. The zero-order chi connectivity index (χ0) is 8.67. The largest absolute Gasteiger partial charge is 0.368 e. The highest BCUT2D eigenvalue weighted by Gasteiger charge is 2.45. The molecule has 0 unspecified atom stereocenters. The SMILES string of the molecule is C1=C[C@H](c2ccccc2)[C@H]2O[C@H]2C1. The molecule has 1 aliphatic heterocycles. The topological polar surface area (TPSA) is 12.5 Å². The molecule has 0 radical (unpaired) electrons. The van der Waals surface area contributed by atoms with E-state index in [1.54, 1.807) is 0 Å². The van der Waals surface area contributed by atoms with Crippen molar-refractivity contribution in [1.29, 1.82) is 0 Å². The van der Waals surface area contributed by atoms with Crippen molar-refractivity contribution in [2.75, 3.05) is 0 Å². The fourth-order valence-corrected chi connectivity index (χ4v) is 2.11. The molecule has 66 valence electrons. The van der Waals surface area contributed by atoms with Gasteiger partial charge in [0.25, 0.3) is 0 Å². The second-order valence-corrected chi connectivity index (χ2v) is 3.74. The number of fused-ring (bicyclic) bond motifs is 1. The second-order valence-electron chi connectivity index (χ2n) is 3.74. The third-order valence-electron chi connectivity index (χ3n) is 2.87. The first-order valence-corrected chi connectivity index (χ1v) is 4.82. The van der Waals surface area contributed by atoms with Crippen LogP contribution in [0.2, 0.25) is 0 Å². The van der Waals surface area contributed by atoms with Gasteiger partial charge in [0.1, 0.15) is 0 Å². The summed E-state index contributed by atoms with van der Waals surface area (Å²) in [5, 5.41) is 0. The molecule has 1 saturated heterocycles. The summed E-state index contributed by atoms with van der Waals surface area (Å²) >= 11 is 0. The summed E-state index contributed by atoms with van der Waals surface area (Å²) in [5.74, 6) is 0.500. The summed E-state index contributed by atoms with van der Waals surface area (Å²) in [4.78, 5) is 0. The monoisotopic (exact) mass is 172 g/mol. The molecule has 13 heavy (non-hydrogen) atoms. The predicted molar refractivity (Wildman–Crippen MR) is 51.6 cm³/mol. The van der Waals surface area contributed by atoms with E-state index >= 15 is 0 Å². The Bertz CT molecular complexity index is 328. The molecular weight excluding hydrogens is 160 g/mol. The molecule has 1 heterocycles. The van der Waals surface area contributed by atoms with E-state index in [0.717, 1.165) is 6.42 Å². The smallest absolute Gasteiger partial charge is 0.0947 e. The molecule has 0 N–H and O–H groups in total. The Hall–Kier alpha value is -1.08. The van der Waals surface area contributed by atoms with Crippen LogP contribution in [0.25, 0.3) is 0 Å². The predicted octanol–water partition coefficient (Wildman–Crippen LogP) is 2.50. The third kappa shape index (κ3) is 1.20. The molecule has 1 nitrogen and oxygen atoms in total. The lowest BCUT2D eigenvalue weighted by Crippen LogP contribution is -2.09. The van der Waals surface area contributed by atoms with E-state index in [9.17, 15) is 0 Å². The van der Waals surface area contributed by atoms with Crippen LogP contribution >= 0.6 is 0 Å². The van der Waals surface area contributed by atoms with E-state index in [4.69, 9.17) is 4.74 Å². The van der Waals surface area contributed by atoms with Crippen LogP contribution in [0.15, 0.2) is 42.5 Å². The highest BCUT2D eigenvalue weighted by molar-refractivity contribution is 5.30. The van der Waals surface area contributed by atoms with Crippen molar-refractivity contribution in [3.8, 4) is 0 Å². The molecule has 0 aromatic heterocycles. The molecule has 3 atom stereocenters. The van der Waals surface area contributed by atoms with Crippen LogP contribution in [-0.2, 0) is 4.74 Å². The standard InChI is InChI=1S/C12H12O/c1-2-5-9(6-3-1)10-7-4-8-11-12(10)13-11/h1-7,10-12H,8H2/t10-,11+,12-/m1/s1. The summed E-state index contributed by atoms with van der Waals surface area (Å²) in [6.07, 6.45) is 6.60. The van der Waals surface area contributed by atoms with Crippen molar-refractivity contribution in [2.24, 2.45) is 0 Å². The molecule has 0 spiro atoms. The Kier molecular flexibility index (Phi) is 1.53. The maximum atomic E-state index is 5.58. The van der Waals surface area contributed by atoms with E-state index in [1.165, 1.54) is 5.56 Å². The van der Waals surface area contributed by atoms with E-state index in [1.807, 2.05) is 0 Å². The summed E-state index contributed by atoms with van der Waals surface area (Å²) in [5.41, 5.74) is 1.38. The minimum atomic E-state index is 0.465. The fraction of sp³-hybridized carbons (Fsp3) is 0.333. The molecule has 1 aromatic carbocycles. The van der Waals surface area contributed by atoms with Crippen LogP contribution in [0, 0.1) is 0 Å². The van der Waals surface area contributed by atoms with Crippen LogP contribution in [0.1, 0.15) is 17.9 Å². The number of rotatable bonds is 1. The molecule has 1 aromatic rings. The van der Waals surface area contributed by atoms with Crippen LogP contribution in [0.3, 0.4) is 0 Å². The number of benzene rings is 1. The van der Waals surface area contributed by atoms with Gasteiger partial charge in [-0.3, -0.25) is 0 Å². The zero-order valence-corrected chi connectivity index (χ0v) is 7.39. The molecule has 3 rings (SSSR count). The molecule has 1 aliphatic carbocycles. The maximum Gasteiger partial charge on any atom is 0.0947 e. The first-order chi connectivity index (χ1) is 6.45. The van der Waals surface area contributed by atoms with Gasteiger partial charge in [0, 0.05) is 5.92 Å². The van der Waals surface area contributed by atoms with Gasteiger partial charge in [0.05, 0.1) is 12.2 Å². The van der Waals surface area contributed by atoms with Crippen LogP contribution in [0.4, 0.5) is 0 Å². The lowest BCUT2D eigenvalue weighted by molar-refractivity contribution is 0.366. The van der Waals surface area contributed by atoms with Crippen LogP contribution < -0.4 is 0 Å². The summed E-state index contributed by atoms with van der Waals surface area (Å²) < 4.78 is 5.58. The molecule has 1 heteroatoms.